The summed E-state index contributed by atoms with van der Waals surface area (Å²) in [5.74, 6) is 0.818. The smallest absolute Gasteiger partial charge is 0.0207 e. The Bertz CT molecular complexity index is 337. The topological polar surface area (TPSA) is 12.0 Å². The highest BCUT2D eigenvalue weighted by atomic mass is 79.9. The van der Waals surface area contributed by atoms with Crippen molar-refractivity contribution in [3.05, 3.63) is 34.3 Å². The molecule has 0 aliphatic heterocycles. The number of hydrogen-bond donors (Lipinski definition) is 1. The average Bonchev–Trinajstić information content (AvgIpc) is 2.70. The van der Waals surface area contributed by atoms with Gasteiger partial charge in [-0.1, -0.05) is 47.5 Å². The number of hydrogen-bond acceptors (Lipinski definition) is 1. The fraction of sp³-hybridized carbons (Fsp3) is 0.571. The first-order valence-corrected chi connectivity index (χ1v) is 7.07. The van der Waals surface area contributed by atoms with Gasteiger partial charge in [0, 0.05) is 10.5 Å². The molecule has 1 aliphatic rings. The maximum atomic E-state index is 3.64. The van der Waals surface area contributed by atoms with Gasteiger partial charge in [-0.2, -0.15) is 0 Å². The van der Waals surface area contributed by atoms with Crippen LogP contribution in [0.2, 0.25) is 0 Å². The molecule has 1 aliphatic carbocycles. The van der Waals surface area contributed by atoms with Gasteiger partial charge in [0.25, 0.3) is 0 Å². The van der Waals surface area contributed by atoms with E-state index in [1.807, 2.05) is 0 Å². The van der Waals surface area contributed by atoms with E-state index in [2.05, 4.69) is 52.4 Å². The van der Waals surface area contributed by atoms with Crippen LogP contribution < -0.4 is 5.32 Å². The number of nitrogens with one attached hydrogen (secondary N) is 1. The van der Waals surface area contributed by atoms with Crippen LogP contribution in [0, 0.1) is 5.92 Å². The van der Waals surface area contributed by atoms with Crippen LogP contribution in [-0.2, 0) is 6.42 Å². The van der Waals surface area contributed by atoms with E-state index < -0.39 is 0 Å². The van der Waals surface area contributed by atoms with Crippen LogP contribution in [0.15, 0.2) is 28.7 Å². The Hall–Kier alpha value is -0.340. The predicted octanol–water partition coefficient (Wildman–Crippen LogP) is 3.77. The molecule has 2 heteroatoms. The standard InChI is InChI=1S/C14H20BrN/c1-2-16-14-9-5-7-12(14)10-11-6-3-4-8-13(11)15/h3-4,6,8,12,14,16H,2,5,7,9-10H2,1H3. The van der Waals surface area contributed by atoms with E-state index in [1.54, 1.807) is 0 Å². The zero-order valence-electron chi connectivity index (χ0n) is 9.88. The van der Waals surface area contributed by atoms with E-state index in [-0.39, 0.29) is 0 Å². The quantitative estimate of drug-likeness (QED) is 0.886. The van der Waals surface area contributed by atoms with Gasteiger partial charge in [0.15, 0.2) is 0 Å². The minimum absolute atomic E-state index is 0.733. The molecule has 1 fully saturated rings. The summed E-state index contributed by atoms with van der Waals surface area (Å²) in [4.78, 5) is 0. The fourth-order valence-corrected chi connectivity index (χ4v) is 3.21. The first kappa shape index (κ1) is 12.1. The van der Waals surface area contributed by atoms with Gasteiger partial charge in [-0.25, -0.2) is 0 Å². The van der Waals surface area contributed by atoms with Gasteiger partial charge in [0.05, 0.1) is 0 Å². The number of halogens is 1. The lowest BCUT2D eigenvalue weighted by Gasteiger charge is -2.20. The minimum Gasteiger partial charge on any atom is -0.314 e. The van der Waals surface area contributed by atoms with E-state index in [0.717, 1.165) is 18.5 Å². The van der Waals surface area contributed by atoms with Gasteiger partial charge in [0.2, 0.25) is 0 Å². The molecule has 1 N–H and O–H groups in total. The SMILES string of the molecule is CCNC1CCCC1Cc1ccccc1Br. The summed E-state index contributed by atoms with van der Waals surface area (Å²) in [6.45, 7) is 3.30. The molecule has 16 heavy (non-hydrogen) atoms. The van der Waals surface area contributed by atoms with Crippen molar-refractivity contribution in [2.24, 2.45) is 5.92 Å². The molecule has 0 heterocycles. The summed E-state index contributed by atoms with van der Waals surface area (Å²) in [6.07, 6.45) is 5.31. The highest BCUT2D eigenvalue weighted by Gasteiger charge is 2.26. The van der Waals surface area contributed by atoms with Gasteiger partial charge in [-0.3, -0.25) is 0 Å². The molecule has 1 saturated carbocycles. The summed E-state index contributed by atoms with van der Waals surface area (Å²) in [5, 5.41) is 3.62. The number of benzene rings is 1. The fourth-order valence-electron chi connectivity index (χ4n) is 2.76. The Balaban J connectivity index is 2.01. The van der Waals surface area contributed by atoms with E-state index in [1.165, 1.54) is 35.7 Å². The van der Waals surface area contributed by atoms with Gasteiger partial charge in [-0.05, 0) is 43.4 Å². The van der Waals surface area contributed by atoms with Crippen LogP contribution in [0.5, 0.6) is 0 Å². The van der Waals surface area contributed by atoms with E-state index in [9.17, 15) is 0 Å². The predicted molar refractivity (Wildman–Crippen MR) is 72.7 cm³/mol. The molecule has 88 valence electrons. The molecule has 1 nitrogen and oxygen atoms in total. The highest BCUT2D eigenvalue weighted by Crippen LogP contribution is 2.30. The lowest BCUT2D eigenvalue weighted by Crippen LogP contribution is -2.33. The van der Waals surface area contributed by atoms with Crippen molar-refractivity contribution in [3.8, 4) is 0 Å². The van der Waals surface area contributed by atoms with Crippen LogP contribution >= 0.6 is 15.9 Å². The molecule has 2 unspecified atom stereocenters. The third kappa shape index (κ3) is 2.86. The summed E-state index contributed by atoms with van der Waals surface area (Å²) in [7, 11) is 0. The monoisotopic (exact) mass is 281 g/mol. The van der Waals surface area contributed by atoms with Gasteiger partial charge >= 0.3 is 0 Å². The third-order valence-electron chi connectivity index (χ3n) is 3.57. The Morgan fingerprint density at radius 2 is 2.12 bits per heavy atom. The minimum atomic E-state index is 0.733. The Labute approximate surface area is 107 Å². The normalized spacial score (nSPS) is 24.9. The molecule has 0 aromatic heterocycles. The lowest BCUT2D eigenvalue weighted by molar-refractivity contribution is 0.406. The highest BCUT2D eigenvalue weighted by molar-refractivity contribution is 9.10. The van der Waals surface area contributed by atoms with E-state index in [4.69, 9.17) is 0 Å². The molecular weight excluding hydrogens is 262 g/mol. The Morgan fingerprint density at radius 1 is 1.31 bits per heavy atom. The first-order valence-electron chi connectivity index (χ1n) is 6.28. The van der Waals surface area contributed by atoms with E-state index in [0.29, 0.717) is 0 Å². The summed E-state index contributed by atoms with van der Waals surface area (Å²) < 4.78 is 1.26. The van der Waals surface area contributed by atoms with Crippen molar-refractivity contribution < 1.29 is 0 Å². The Morgan fingerprint density at radius 3 is 2.88 bits per heavy atom. The number of rotatable bonds is 4. The Kier molecular flexibility index (Phi) is 4.42. The summed E-state index contributed by atoms with van der Waals surface area (Å²) >= 11 is 3.64. The molecule has 2 atom stereocenters. The van der Waals surface area contributed by atoms with Crippen LogP contribution in [0.25, 0.3) is 0 Å². The molecule has 0 amide bonds. The van der Waals surface area contributed by atoms with Crippen molar-refractivity contribution in [1.82, 2.24) is 5.32 Å². The zero-order valence-corrected chi connectivity index (χ0v) is 11.5. The first-order chi connectivity index (χ1) is 7.81. The van der Waals surface area contributed by atoms with Crippen LogP contribution in [0.3, 0.4) is 0 Å². The summed E-state index contributed by atoms with van der Waals surface area (Å²) in [6, 6.07) is 9.34. The van der Waals surface area contributed by atoms with Crippen molar-refractivity contribution in [3.63, 3.8) is 0 Å². The second-order valence-electron chi connectivity index (χ2n) is 4.65. The molecule has 0 bridgehead atoms. The van der Waals surface area contributed by atoms with Crippen molar-refractivity contribution in [2.45, 2.75) is 38.6 Å². The van der Waals surface area contributed by atoms with Crippen LogP contribution in [0.1, 0.15) is 31.7 Å². The maximum Gasteiger partial charge on any atom is 0.0207 e. The largest absolute Gasteiger partial charge is 0.314 e. The average molecular weight is 282 g/mol. The molecule has 1 aromatic carbocycles. The van der Waals surface area contributed by atoms with Crippen molar-refractivity contribution in [2.75, 3.05) is 6.54 Å². The van der Waals surface area contributed by atoms with E-state index >= 15 is 0 Å². The van der Waals surface area contributed by atoms with Crippen molar-refractivity contribution in [1.29, 1.82) is 0 Å². The lowest BCUT2D eigenvalue weighted by atomic mass is 9.94. The van der Waals surface area contributed by atoms with Gasteiger partial charge in [-0.15, -0.1) is 0 Å². The molecular formula is C14H20BrN. The van der Waals surface area contributed by atoms with Crippen LogP contribution in [-0.4, -0.2) is 12.6 Å². The molecule has 1 aromatic rings. The maximum absolute atomic E-state index is 3.64. The summed E-state index contributed by atoms with van der Waals surface area (Å²) in [5.41, 5.74) is 1.46. The second kappa shape index (κ2) is 5.83. The molecule has 2 rings (SSSR count). The van der Waals surface area contributed by atoms with Gasteiger partial charge in [0.1, 0.15) is 0 Å². The second-order valence-corrected chi connectivity index (χ2v) is 5.51. The van der Waals surface area contributed by atoms with Crippen LogP contribution in [0.4, 0.5) is 0 Å². The molecule has 0 spiro atoms. The van der Waals surface area contributed by atoms with Gasteiger partial charge < -0.3 is 5.32 Å². The molecule has 0 radical (unpaired) electrons. The zero-order chi connectivity index (χ0) is 11.4. The van der Waals surface area contributed by atoms with Crippen molar-refractivity contribution >= 4 is 15.9 Å². The molecule has 0 saturated heterocycles. The third-order valence-corrected chi connectivity index (χ3v) is 4.34.